The van der Waals surface area contributed by atoms with Gasteiger partial charge in [0.2, 0.25) is 5.91 Å². The van der Waals surface area contributed by atoms with Crippen molar-refractivity contribution in [1.82, 2.24) is 15.6 Å². The number of hydrogen-bond donors (Lipinski definition) is 3. The number of H-pyrrole nitrogens is 1. The van der Waals surface area contributed by atoms with E-state index in [2.05, 4.69) is 15.6 Å². The van der Waals surface area contributed by atoms with Gasteiger partial charge in [-0.05, 0) is 39.3 Å². The molecule has 0 aliphatic rings. The van der Waals surface area contributed by atoms with E-state index in [0.29, 0.717) is 0 Å². The van der Waals surface area contributed by atoms with E-state index in [4.69, 9.17) is 9.47 Å². The van der Waals surface area contributed by atoms with E-state index in [1.165, 1.54) is 14.0 Å². The number of esters is 1. The number of carbonyl (C=O) groups is 3. The highest BCUT2D eigenvalue weighted by atomic mass is 16.6. The highest BCUT2D eigenvalue weighted by Crippen LogP contribution is 2.19. The van der Waals surface area contributed by atoms with Crippen LogP contribution in [0.15, 0.2) is 30.5 Å². The van der Waals surface area contributed by atoms with Crippen molar-refractivity contribution >= 4 is 28.9 Å². The molecular formula is C20H27N3O5. The van der Waals surface area contributed by atoms with E-state index in [0.717, 1.165) is 16.5 Å². The van der Waals surface area contributed by atoms with Crippen LogP contribution in [0.3, 0.4) is 0 Å². The molecule has 2 atom stereocenters. The molecule has 2 aromatic rings. The molecule has 1 unspecified atom stereocenters. The Morgan fingerprint density at radius 1 is 1.14 bits per heavy atom. The molecule has 0 aliphatic carbocycles. The summed E-state index contributed by atoms with van der Waals surface area (Å²) >= 11 is 0. The predicted molar refractivity (Wildman–Crippen MR) is 105 cm³/mol. The van der Waals surface area contributed by atoms with Crippen LogP contribution < -0.4 is 10.6 Å². The maximum absolute atomic E-state index is 12.5. The maximum atomic E-state index is 12.5. The van der Waals surface area contributed by atoms with Crippen LogP contribution in [0.1, 0.15) is 33.3 Å². The monoisotopic (exact) mass is 389 g/mol. The molecule has 3 N–H and O–H groups in total. The second kappa shape index (κ2) is 8.77. The molecule has 1 heterocycles. The van der Waals surface area contributed by atoms with Gasteiger partial charge in [-0.3, -0.25) is 4.79 Å². The summed E-state index contributed by atoms with van der Waals surface area (Å²) in [5.41, 5.74) is 1.14. The van der Waals surface area contributed by atoms with E-state index in [1.807, 2.05) is 24.3 Å². The molecule has 0 radical (unpaired) electrons. The van der Waals surface area contributed by atoms with E-state index < -0.39 is 35.7 Å². The van der Waals surface area contributed by atoms with Crippen LogP contribution in [-0.2, 0) is 25.5 Å². The van der Waals surface area contributed by atoms with Gasteiger partial charge in [0.05, 0.1) is 7.11 Å². The number of rotatable bonds is 6. The summed E-state index contributed by atoms with van der Waals surface area (Å²) in [6, 6.07) is 5.90. The molecule has 0 saturated carbocycles. The van der Waals surface area contributed by atoms with Crippen LogP contribution in [0.4, 0.5) is 4.79 Å². The van der Waals surface area contributed by atoms with E-state index in [-0.39, 0.29) is 6.42 Å². The minimum Gasteiger partial charge on any atom is -0.467 e. The lowest BCUT2D eigenvalue weighted by atomic mass is 10.0. The fourth-order valence-electron chi connectivity index (χ4n) is 2.70. The standard InChI is InChI=1S/C20H27N3O5/c1-12(22-19(26)28-20(2,3)4)17(24)23-16(18(25)27-5)10-13-11-21-15-9-7-6-8-14(13)15/h6-9,11-12,16,21H,10H2,1-5H3,(H,22,26)(H,23,24)/t12?,16-/m0/s1. The first kappa shape index (κ1) is 21.3. The number of ether oxygens (including phenoxy) is 2. The van der Waals surface area contributed by atoms with Gasteiger partial charge < -0.3 is 25.1 Å². The fraction of sp³-hybridized carbons (Fsp3) is 0.450. The van der Waals surface area contributed by atoms with Crippen LogP contribution in [-0.4, -0.2) is 47.7 Å². The Kier molecular flexibility index (Phi) is 6.66. The van der Waals surface area contributed by atoms with Gasteiger partial charge in [-0.15, -0.1) is 0 Å². The molecule has 152 valence electrons. The fourth-order valence-corrected chi connectivity index (χ4v) is 2.70. The smallest absolute Gasteiger partial charge is 0.408 e. The SMILES string of the molecule is COC(=O)[C@H](Cc1c[nH]c2ccccc12)NC(=O)C(C)NC(=O)OC(C)(C)C. The summed E-state index contributed by atoms with van der Waals surface area (Å²) in [5.74, 6) is -1.08. The lowest BCUT2D eigenvalue weighted by Crippen LogP contribution is -2.51. The van der Waals surface area contributed by atoms with E-state index in [9.17, 15) is 14.4 Å². The van der Waals surface area contributed by atoms with Crippen molar-refractivity contribution in [3.63, 3.8) is 0 Å². The minimum absolute atomic E-state index is 0.252. The molecule has 1 aromatic carbocycles. The summed E-state index contributed by atoms with van der Waals surface area (Å²) in [6.45, 7) is 6.70. The molecule has 28 heavy (non-hydrogen) atoms. The molecule has 0 spiro atoms. The van der Waals surface area contributed by atoms with Gasteiger partial charge >= 0.3 is 12.1 Å². The Morgan fingerprint density at radius 2 is 1.82 bits per heavy atom. The van der Waals surface area contributed by atoms with E-state index in [1.54, 1.807) is 27.0 Å². The van der Waals surface area contributed by atoms with Crippen molar-refractivity contribution in [2.45, 2.75) is 51.8 Å². The minimum atomic E-state index is -0.889. The Labute approximate surface area is 164 Å². The Balaban J connectivity index is 2.06. The molecule has 0 aliphatic heterocycles. The number of benzene rings is 1. The highest BCUT2D eigenvalue weighted by Gasteiger charge is 2.27. The third-order valence-corrected chi connectivity index (χ3v) is 4.03. The zero-order valence-corrected chi connectivity index (χ0v) is 16.8. The first-order valence-corrected chi connectivity index (χ1v) is 9.03. The summed E-state index contributed by atoms with van der Waals surface area (Å²) in [5, 5.41) is 6.06. The zero-order valence-electron chi connectivity index (χ0n) is 16.8. The third-order valence-electron chi connectivity index (χ3n) is 4.03. The molecule has 0 saturated heterocycles. The summed E-state index contributed by atoms with van der Waals surface area (Å²) in [6.07, 6.45) is 1.35. The molecule has 8 heteroatoms. The lowest BCUT2D eigenvalue weighted by molar-refractivity contribution is -0.145. The van der Waals surface area contributed by atoms with Crippen LogP contribution in [0.25, 0.3) is 10.9 Å². The predicted octanol–water partition coefficient (Wildman–Crippen LogP) is 2.28. The van der Waals surface area contributed by atoms with Crippen molar-refractivity contribution < 1.29 is 23.9 Å². The van der Waals surface area contributed by atoms with Crippen molar-refractivity contribution in [2.75, 3.05) is 7.11 Å². The molecule has 8 nitrogen and oxygen atoms in total. The van der Waals surface area contributed by atoms with Crippen molar-refractivity contribution in [3.05, 3.63) is 36.0 Å². The number of aromatic amines is 1. The number of alkyl carbamates (subject to hydrolysis) is 1. The van der Waals surface area contributed by atoms with Gasteiger partial charge in [-0.2, -0.15) is 0 Å². The van der Waals surface area contributed by atoms with Crippen molar-refractivity contribution in [3.8, 4) is 0 Å². The maximum Gasteiger partial charge on any atom is 0.408 e. The number of aromatic nitrogens is 1. The number of carbonyl (C=O) groups excluding carboxylic acids is 3. The highest BCUT2D eigenvalue weighted by molar-refractivity contribution is 5.90. The lowest BCUT2D eigenvalue weighted by Gasteiger charge is -2.23. The van der Waals surface area contributed by atoms with E-state index >= 15 is 0 Å². The van der Waals surface area contributed by atoms with Gasteiger partial charge in [-0.1, -0.05) is 18.2 Å². The van der Waals surface area contributed by atoms with Crippen LogP contribution >= 0.6 is 0 Å². The van der Waals surface area contributed by atoms with Gasteiger partial charge in [0.15, 0.2) is 0 Å². The molecule has 2 amide bonds. The number of amides is 2. The third kappa shape index (κ3) is 5.73. The van der Waals surface area contributed by atoms with Gasteiger partial charge in [0.1, 0.15) is 17.7 Å². The summed E-state index contributed by atoms with van der Waals surface area (Å²) in [4.78, 5) is 39.6. The van der Waals surface area contributed by atoms with Gasteiger partial charge in [0, 0.05) is 23.5 Å². The quantitative estimate of drug-likeness (QED) is 0.657. The first-order valence-electron chi connectivity index (χ1n) is 9.03. The Bertz CT molecular complexity index is 853. The molecule has 1 aromatic heterocycles. The van der Waals surface area contributed by atoms with Gasteiger partial charge in [0.25, 0.3) is 0 Å². The Hall–Kier alpha value is -3.03. The average molecular weight is 389 g/mol. The number of para-hydroxylation sites is 1. The van der Waals surface area contributed by atoms with Crippen molar-refractivity contribution in [2.24, 2.45) is 0 Å². The normalized spacial score (nSPS) is 13.5. The first-order chi connectivity index (χ1) is 13.1. The average Bonchev–Trinajstić information content (AvgIpc) is 3.01. The number of nitrogens with one attached hydrogen (secondary N) is 3. The zero-order chi connectivity index (χ0) is 20.9. The molecule has 2 rings (SSSR count). The van der Waals surface area contributed by atoms with Gasteiger partial charge in [-0.25, -0.2) is 9.59 Å². The second-order valence-electron chi connectivity index (χ2n) is 7.52. The largest absolute Gasteiger partial charge is 0.467 e. The second-order valence-corrected chi connectivity index (χ2v) is 7.52. The molecular weight excluding hydrogens is 362 g/mol. The topological polar surface area (TPSA) is 110 Å². The Morgan fingerprint density at radius 3 is 2.46 bits per heavy atom. The summed E-state index contributed by atoms with van der Waals surface area (Å²) < 4.78 is 9.96. The van der Waals surface area contributed by atoms with Crippen LogP contribution in [0, 0.1) is 0 Å². The number of methoxy groups -OCH3 is 1. The molecule has 0 bridgehead atoms. The van der Waals surface area contributed by atoms with Crippen molar-refractivity contribution in [1.29, 1.82) is 0 Å². The number of fused-ring (bicyclic) bond motifs is 1. The van der Waals surface area contributed by atoms with Crippen LogP contribution in [0.5, 0.6) is 0 Å². The molecule has 0 fully saturated rings. The van der Waals surface area contributed by atoms with Crippen LogP contribution in [0.2, 0.25) is 0 Å². The summed E-state index contributed by atoms with van der Waals surface area (Å²) in [7, 11) is 1.26. The number of hydrogen-bond acceptors (Lipinski definition) is 5.